The van der Waals surface area contributed by atoms with Gasteiger partial charge in [-0.25, -0.2) is 13.4 Å². The van der Waals surface area contributed by atoms with Crippen LogP contribution in [0.3, 0.4) is 0 Å². The Labute approximate surface area is 159 Å². The van der Waals surface area contributed by atoms with Crippen molar-refractivity contribution in [2.75, 3.05) is 11.8 Å². The summed E-state index contributed by atoms with van der Waals surface area (Å²) in [5.41, 5.74) is 0.984. The SMILES string of the molecule is COc1cc(Cl)c(C)cc1NS(=O)(=O)c1c(C)nc2scc(C)n2c1=O. The Morgan fingerprint density at radius 3 is 2.62 bits per heavy atom. The van der Waals surface area contributed by atoms with E-state index in [4.69, 9.17) is 16.3 Å². The predicted molar refractivity (Wildman–Crippen MR) is 102 cm³/mol. The maximum Gasteiger partial charge on any atom is 0.279 e. The molecule has 0 bridgehead atoms. The summed E-state index contributed by atoms with van der Waals surface area (Å²) in [6.45, 7) is 4.95. The summed E-state index contributed by atoms with van der Waals surface area (Å²) in [4.78, 5) is 17.1. The number of methoxy groups -OCH3 is 1. The van der Waals surface area contributed by atoms with Gasteiger partial charge in [0.15, 0.2) is 9.86 Å². The minimum Gasteiger partial charge on any atom is -0.495 e. The molecule has 1 aromatic carbocycles. The first-order valence-corrected chi connectivity index (χ1v) is 10.2. The summed E-state index contributed by atoms with van der Waals surface area (Å²) in [6.07, 6.45) is 0. The predicted octanol–water partition coefficient (Wildman–Crippen LogP) is 3.14. The molecule has 0 fully saturated rings. The van der Waals surface area contributed by atoms with E-state index in [9.17, 15) is 13.2 Å². The van der Waals surface area contributed by atoms with E-state index in [1.54, 1.807) is 25.3 Å². The highest BCUT2D eigenvalue weighted by atomic mass is 35.5. The molecule has 7 nitrogen and oxygen atoms in total. The Morgan fingerprint density at radius 2 is 1.96 bits per heavy atom. The fourth-order valence-electron chi connectivity index (χ4n) is 2.59. The lowest BCUT2D eigenvalue weighted by Crippen LogP contribution is -2.28. The van der Waals surface area contributed by atoms with Crippen LogP contribution in [-0.4, -0.2) is 24.9 Å². The third-order valence-electron chi connectivity index (χ3n) is 3.86. The van der Waals surface area contributed by atoms with Gasteiger partial charge >= 0.3 is 0 Å². The molecule has 26 heavy (non-hydrogen) atoms. The first-order valence-electron chi connectivity index (χ1n) is 7.50. The highest BCUT2D eigenvalue weighted by Crippen LogP contribution is 2.32. The van der Waals surface area contributed by atoms with Gasteiger partial charge in [-0.1, -0.05) is 11.6 Å². The number of hydrogen-bond acceptors (Lipinski definition) is 6. The Bertz CT molecular complexity index is 1180. The molecule has 2 aromatic heterocycles. The molecular formula is C16H16ClN3O4S2. The molecule has 0 saturated heterocycles. The molecule has 2 heterocycles. The number of halogens is 1. The smallest absolute Gasteiger partial charge is 0.279 e. The standard InChI is InChI=1S/C16H16ClN3O4S2/c1-8-5-12(13(24-4)6-11(8)17)19-26(22,23)14-10(3)18-16-20(15(14)21)9(2)7-25-16/h5-7,19H,1-4H3. The van der Waals surface area contributed by atoms with Crippen molar-refractivity contribution in [1.29, 1.82) is 0 Å². The second kappa shape index (κ2) is 6.57. The molecule has 0 aliphatic heterocycles. The Hall–Kier alpha value is -2.10. The second-order valence-electron chi connectivity index (χ2n) is 5.73. The van der Waals surface area contributed by atoms with Crippen LogP contribution in [0.5, 0.6) is 5.75 Å². The number of rotatable bonds is 4. The van der Waals surface area contributed by atoms with Crippen molar-refractivity contribution < 1.29 is 13.2 Å². The van der Waals surface area contributed by atoms with Gasteiger partial charge in [0.2, 0.25) is 0 Å². The van der Waals surface area contributed by atoms with Crippen molar-refractivity contribution in [1.82, 2.24) is 9.38 Å². The van der Waals surface area contributed by atoms with Gasteiger partial charge in [0, 0.05) is 22.2 Å². The van der Waals surface area contributed by atoms with Gasteiger partial charge in [0.05, 0.1) is 18.5 Å². The number of benzene rings is 1. The van der Waals surface area contributed by atoms with Crippen LogP contribution in [-0.2, 0) is 10.0 Å². The van der Waals surface area contributed by atoms with E-state index in [1.165, 1.54) is 35.8 Å². The van der Waals surface area contributed by atoms with E-state index >= 15 is 0 Å². The molecule has 0 atom stereocenters. The molecule has 0 saturated carbocycles. The minimum atomic E-state index is -4.19. The van der Waals surface area contributed by atoms with Crippen LogP contribution >= 0.6 is 22.9 Å². The third-order valence-corrected chi connectivity index (χ3v) is 6.71. The number of aryl methyl sites for hydroxylation is 3. The van der Waals surface area contributed by atoms with Crippen LogP contribution in [0.15, 0.2) is 27.2 Å². The van der Waals surface area contributed by atoms with Crippen LogP contribution in [0.25, 0.3) is 4.96 Å². The molecule has 0 radical (unpaired) electrons. The van der Waals surface area contributed by atoms with E-state index in [0.717, 1.165) is 0 Å². The number of ether oxygens (including phenoxy) is 1. The molecule has 3 rings (SSSR count). The zero-order chi connectivity index (χ0) is 19.2. The van der Waals surface area contributed by atoms with Crippen molar-refractivity contribution in [2.45, 2.75) is 25.7 Å². The summed E-state index contributed by atoms with van der Waals surface area (Å²) >= 11 is 7.33. The van der Waals surface area contributed by atoms with Crippen molar-refractivity contribution in [3.05, 3.63) is 49.8 Å². The molecule has 10 heteroatoms. The van der Waals surface area contributed by atoms with Gasteiger partial charge in [-0.3, -0.25) is 13.9 Å². The summed E-state index contributed by atoms with van der Waals surface area (Å²) in [5, 5.41) is 2.19. The lowest BCUT2D eigenvalue weighted by molar-refractivity contribution is 0.417. The fraction of sp³-hybridized carbons (Fsp3) is 0.250. The van der Waals surface area contributed by atoms with Gasteiger partial charge in [0.25, 0.3) is 15.6 Å². The summed E-state index contributed by atoms with van der Waals surface area (Å²) in [6, 6.07) is 3.06. The third kappa shape index (κ3) is 3.06. The molecule has 0 aliphatic carbocycles. The van der Waals surface area contributed by atoms with Crippen molar-refractivity contribution >= 4 is 43.6 Å². The average molecular weight is 414 g/mol. The van der Waals surface area contributed by atoms with Gasteiger partial charge in [-0.15, -0.1) is 11.3 Å². The lowest BCUT2D eigenvalue weighted by Gasteiger charge is -2.14. The van der Waals surface area contributed by atoms with E-state index < -0.39 is 20.5 Å². The van der Waals surface area contributed by atoms with Crippen LogP contribution in [0, 0.1) is 20.8 Å². The number of aromatic nitrogens is 2. The first-order chi connectivity index (χ1) is 12.2. The number of sulfonamides is 1. The van der Waals surface area contributed by atoms with Gasteiger partial charge in [-0.05, 0) is 32.4 Å². The highest BCUT2D eigenvalue weighted by Gasteiger charge is 2.26. The van der Waals surface area contributed by atoms with Crippen LogP contribution in [0.4, 0.5) is 5.69 Å². The largest absolute Gasteiger partial charge is 0.495 e. The topological polar surface area (TPSA) is 89.8 Å². The number of anilines is 1. The zero-order valence-corrected chi connectivity index (χ0v) is 16.8. The number of hydrogen-bond donors (Lipinski definition) is 1. The van der Waals surface area contributed by atoms with E-state index in [2.05, 4.69) is 9.71 Å². The van der Waals surface area contributed by atoms with E-state index in [-0.39, 0.29) is 17.1 Å². The Balaban J connectivity index is 2.19. The molecule has 1 N–H and O–H groups in total. The van der Waals surface area contributed by atoms with Crippen LogP contribution in [0.1, 0.15) is 17.0 Å². The maximum atomic E-state index is 12.9. The molecular weight excluding hydrogens is 398 g/mol. The molecule has 0 spiro atoms. The first kappa shape index (κ1) is 18.7. The van der Waals surface area contributed by atoms with Crippen molar-refractivity contribution in [3.63, 3.8) is 0 Å². The van der Waals surface area contributed by atoms with E-state index in [0.29, 0.717) is 21.2 Å². The Morgan fingerprint density at radius 1 is 1.27 bits per heavy atom. The molecule has 3 aromatic rings. The average Bonchev–Trinajstić information content (AvgIpc) is 2.91. The summed E-state index contributed by atoms with van der Waals surface area (Å²) in [5.74, 6) is 0.252. The summed E-state index contributed by atoms with van der Waals surface area (Å²) < 4.78 is 34.8. The van der Waals surface area contributed by atoms with Crippen LogP contribution in [0.2, 0.25) is 5.02 Å². The number of nitrogens with one attached hydrogen (secondary N) is 1. The van der Waals surface area contributed by atoms with Crippen molar-refractivity contribution in [3.8, 4) is 5.75 Å². The summed E-state index contributed by atoms with van der Waals surface area (Å²) in [7, 11) is -2.78. The molecule has 0 amide bonds. The highest BCUT2D eigenvalue weighted by molar-refractivity contribution is 7.92. The molecule has 138 valence electrons. The van der Waals surface area contributed by atoms with E-state index in [1.807, 2.05) is 0 Å². The molecule has 0 unspecified atom stereocenters. The monoisotopic (exact) mass is 413 g/mol. The van der Waals surface area contributed by atoms with Gasteiger partial charge in [0.1, 0.15) is 5.75 Å². The maximum absolute atomic E-state index is 12.9. The quantitative estimate of drug-likeness (QED) is 0.709. The number of fused-ring (bicyclic) bond motifs is 1. The van der Waals surface area contributed by atoms with Gasteiger partial charge < -0.3 is 4.74 Å². The molecule has 0 aliphatic rings. The Kier molecular flexibility index (Phi) is 4.72. The lowest BCUT2D eigenvalue weighted by atomic mass is 10.2. The normalized spacial score (nSPS) is 11.7. The zero-order valence-electron chi connectivity index (χ0n) is 14.5. The van der Waals surface area contributed by atoms with Crippen LogP contribution < -0.4 is 15.0 Å². The fourth-order valence-corrected chi connectivity index (χ4v) is 4.95. The minimum absolute atomic E-state index is 0.133. The number of thiazole rings is 1. The second-order valence-corrected chi connectivity index (χ2v) is 8.60. The van der Waals surface area contributed by atoms with Gasteiger partial charge in [-0.2, -0.15) is 0 Å². The van der Waals surface area contributed by atoms with Crippen molar-refractivity contribution in [2.24, 2.45) is 0 Å². The number of nitrogens with zero attached hydrogens (tertiary/aromatic N) is 2.